The second-order valence-electron chi connectivity index (χ2n) is 6.90. The molecule has 2 rings (SSSR count). The molecule has 1 aromatic rings. The Kier molecular flexibility index (Phi) is 7.64. The van der Waals surface area contributed by atoms with Crippen molar-refractivity contribution >= 4 is 15.9 Å². The predicted molar refractivity (Wildman–Crippen MR) is 103 cm³/mol. The molecule has 1 fully saturated rings. The van der Waals surface area contributed by atoms with Crippen LogP contribution in [-0.2, 0) is 19.6 Å². The van der Waals surface area contributed by atoms with E-state index in [9.17, 15) is 13.2 Å². The summed E-state index contributed by atoms with van der Waals surface area (Å²) in [4.78, 5) is 12.4. The molecule has 152 valence electrons. The number of hydrogen-bond donors (Lipinski definition) is 1. The smallest absolute Gasteiger partial charge is 0.246 e. The normalized spacial score (nSPS) is 16.3. The van der Waals surface area contributed by atoms with Crippen LogP contribution in [-0.4, -0.2) is 59.1 Å². The number of ether oxygens (including phenoxy) is 2. The van der Waals surface area contributed by atoms with Crippen LogP contribution in [0, 0.1) is 19.8 Å². The zero-order valence-electron chi connectivity index (χ0n) is 16.6. The van der Waals surface area contributed by atoms with Crippen LogP contribution in [0.5, 0.6) is 5.75 Å². The number of benzene rings is 1. The lowest BCUT2D eigenvalue weighted by molar-refractivity contribution is -0.126. The molecule has 1 saturated heterocycles. The summed E-state index contributed by atoms with van der Waals surface area (Å²) >= 11 is 0. The first-order valence-corrected chi connectivity index (χ1v) is 10.7. The molecule has 7 nitrogen and oxygen atoms in total. The molecule has 1 aromatic carbocycles. The Balaban J connectivity index is 2.03. The number of piperidine rings is 1. The number of nitrogens with one attached hydrogen (secondary N) is 1. The monoisotopic (exact) mass is 398 g/mol. The van der Waals surface area contributed by atoms with E-state index < -0.39 is 10.0 Å². The third-order valence-corrected chi connectivity index (χ3v) is 6.97. The van der Waals surface area contributed by atoms with Gasteiger partial charge < -0.3 is 14.8 Å². The molecule has 27 heavy (non-hydrogen) atoms. The summed E-state index contributed by atoms with van der Waals surface area (Å²) in [6.45, 7) is 5.64. The highest BCUT2D eigenvalue weighted by Gasteiger charge is 2.33. The molecule has 0 aromatic heterocycles. The zero-order chi connectivity index (χ0) is 20.0. The van der Waals surface area contributed by atoms with E-state index in [-0.39, 0.29) is 16.7 Å². The number of carbonyl (C=O) groups is 1. The van der Waals surface area contributed by atoms with Gasteiger partial charge in [-0.15, -0.1) is 0 Å². The average Bonchev–Trinajstić information content (AvgIpc) is 2.66. The van der Waals surface area contributed by atoms with Crippen molar-refractivity contribution < 1.29 is 22.7 Å². The summed E-state index contributed by atoms with van der Waals surface area (Å²) in [7, 11) is -0.554. The second kappa shape index (κ2) is 9.52. The van der Waals surface area contributed by atoms with E-state index in [0.717, 1.165) is 17.5 Å². The number of amides is 1. The number of methoxy groups -OCH3 is 2. The highest BCUT2D eigenvalue weighted by Crippen LogP contribution is 2.32. The maximum atomic E-state index is 13.1. The number of carbonyl (C=O) groups excluding carboxylic acids is 1. The van der Waals surface area contributed by atoms with E-state index in [1.807, 2.05) is 13.8 Å². The minimum atomic E-state index is -3.66. The highest BCUT2D eigenvalue weighted by molar-refractivity contribution is 7.89. The minimum absolute atomic E-state index is 0.00749. The van der Waals surface area contributed by atoms with Gasteiger partial charge in [-0.1, -0.05) is 0 Å². The highest BCUT2D eigenvalue weighted by atomic mass is 32.2. The van der Waals surface area contributed by atoms with E-state index in [4.69, 9.17) is 9.47 Å². The first kappa shape index (κ1) is 21.7. The Bertz CT molecular complexity index is 756. The van der Waals surface area contributed by atoms with Gasteiger partial charge in [0.1, 0.15) is 10.6 Å². The summed E-state index contributed by atoms with van der Waals surface area (Å²) in [5.41, 5.74) is 1.88. The largest absolute Gasteiger partial charge is 0.495 e. The third kappa shape index (κ3) is 5.21. The van der Waals surface area contributed by atoms with Crippen LogP contribution in [0.3, 0.4) is 0 Å². The fraction of sp³-hybridized carbons (Fsp3) is 0.632. The number of aryl methyl sites for hydroxylation is 2. The maximum absolute atomic E-state index is 13.1. The Morgan fingerprint density at radius 3 is 2.41 bits per heavy atom. The molecule has 0 unspecified atom stereocenters. The van der Waals surface area contributed by atoms with Gasteiger partial charge in [-0.2, -0.15) is 4.31 Å². The van der Waals surface area contributed by atoms with Gasteiger partial charge in [0.2, 0.25) is 15.9 Å². The lowest BCUT2D eigenvalue weighted by Crippen LogP contribution is -2.43. The predicted octanol–water partition coefficient (Wildman–Crippen LogP) is 1.87. The fourth-order valence-corrected chi connectivity index (χ4v) is 4.89. The molecule has 0 spiro atoms. The van der Waals surface area contributed by atoms with E-state index >= 15 is 0 Å². The summed E-state index contributed by atoms with van der Waals surface area (Å²) in [5.74, 6) is 0.198. The molecule has 1 amide bonds. The van der Waals surface area contributed by atoms with Crippen LogP contribution in [0.15, 0.2) is 17.0 Å². The van der Waals surface area contributed by atoms with Crippen LogP contribution in [0.4, 0.5) is 0 Å². The van der Waals surface area contributed by atoms with Crippen molar-refractivity contribution in [2.75, 3.05) is 40.5 Å². The van der Waals surface area contributed by atoms with Gasteiger partial charge in [0.05, 0.1) is 7.11 Å². The van der Waals surface area contributed by atoms with Gasteiger partial charge in [-0.3, -0.25) is 4.79 Å². The van der Waals surface area contributed by atoms with Gasteiger partial charge >= 0.3 is 0 Å². The lowest BCUT2D eigenvalue weighted by Gasteiger charge is -2.31. The van der Waals surface area contributed by atoms with Crippen LogP contribution in [0.25, 0.3) is 0 Å². The number of sulfonamides is 1. The average molecular weight is 399 g/mol. The molecule has 0 radical (unpaired) electrons. The van der Waals surface area contributed by atoms with Crippen molar-refractivity contribution in [3.05, 3.63) is 23.3 Å². The van der Waals surface area contributed by atoms with Crippen LogP contribution < -0.4 is 10.1 Å². The van der Waals surface area contributed by atoms with Gasteiger partial charge in [-0.25, -0.2) is 8.42 Å². The molecule has 1 aliphatic rings. The standard InChI is InChI=1S/C19H30N2O5S/c1-14-12-17(26-4)18(13-15(14)2)27(23,24)21-9-6-16(7-10-21)19(22)20-8-5-11-25-3/h12-13,16H,5-11H2,1-4H3,(H,20,22). The van der Waals surface area contributed by atoms with Crippen molar-refractivity contribution in [2.45, 2.75) is 38.0 Å². The Labute approximate surface area is 162 Å². The van der Waals surface area contributed by atoms with Gasteiger partial charge in [0, 0.05) is 39.3 Å². The summed E-state index contributed by atoms with van der Waals surface area (Å²) < 4.78 is 37.9. The Morgan fingerprint density at radius 2 is 1.81 bits per heavy atom. The molecule has 0 saturated carbocycles. The quantitative estimate of drug-likeness (QED) is 0.676. The molecule has 0 atom stereocenters. The SMILES string of the molecule is COCCCNC(=O)C1CCN(S(=O)(=O)c2cc(C)c(C)cc2OC)CC1. The zero-order valence-corrected chi connectivity index (χ0v) is 17.4. The van der Waals surface area contributed by atoms with Crippen LogP contribution in [0.2, 0.25) is 0 Å². The minimum Gasteiger partial charge on any atom is -0.495 e. The maximum Gasteiger partial charge on any atom is 0.246 e. The topological polar surface area (TPSA) is 84.9 Å². The summed E-state index contributed by atoms with van der Waals surface area (Å²) in [6.07, 6.45) is 1.80. The van der Waals surface area contributed by atoms with Crippen molar-refractivity contribution in [1.29, 1.82) is 0 Å². The van der Waals surface area contributed by atoms with Crippen LogP contribution >= 0.6 is 0 Å². The number of hydrogen-bond acceptors (Lipinski definition) is 5. The molecule has 1 N–H and O–H groups in total. The molecular formula is C19H30N2O5S. The van der Waals surface area contributed by atoms with Crippen molar-refractivity contribution in [3.63, 3.8) is 0 Å². The molecule has 1 heterocycles. The lowest BCUT2D eigenvalue weighted by atomic mass is 9.97. The molecule has 0 bridgehead atoms. The molecule has 8 heteroatoms. The Hall–Kier alpha value is -1.64. The van der Waals surface area contributed by atoms with Crippen molar-refractivity contribution in [3.8, 4) is 5.75 Å². The van der Waals surface area contributed by atoms with E-state index in [2.05, 4.69) is 5.32 Å². The summed E-state index contributed by atoms with van der Waals surface area (Å²) in [5, 5.41) is 2.90. The summed E-state index contributed by atoms with van der Waals surface area (Å²) in [6, 6.07) is 3.42. The molecule has 0 aliphatic carbocycles. The number of nitrogens with zero attached hydrogens (tertiary/aromatic N) is 1. The van der Waals surface area contributed by atoms with Crippen molar-refractivity contribution in [2.24, 2.45) is 5.92 Å². The van der Waals surface area contributed by atoms with Gasteiger partial charge in [0.25, 0.3) is 0 Å². The second-order valence-corrected chi connectivity index (χ2v) is 8.81. The number of rotatable bonds is 8. The van der Waals surface area contributed by atoms with Gasteiger partial charge in [0.15, 0.2) is 0 Å². The Morgan fingerprint density at radius 1 is 1.19 bits per heavy atom. The van der Waals surface area contributed by atoms with E-state index in [1.165, 1.54) is 11.4 Å². The molecular weight excluding hydrogens is 368 g/mol. The fourth-order valence-electron chi connectivity index (χ4n) is 3.19. The van der Waals surface area contributed by atoms with Crippen LogP contribution in [0.1, 0.15) is 30.4 Å². The third-order valence-electron chi connectivity index (χ3n) is 5.05. The van der Waals surface area contributed by atoms with E-state index in [0.29, 0.717) is 44.8 Å². The first-order valence-electron chi connectivity index (χ1n) is 9.23. The van der Waals surface area contributed by atoms with E-state index in [1.54, 1.807) is 19.2 Å². The van der Waals surface area contributed by atoms with Gasteiger partial charge in [-0.05, 0) is 56.4 Å². The molecule has 1 aliphatic heterocycles. The first-order chi connectivity index (χ1) is 12.8. The van der Waals surface area contributed by atoms with Crippen molar-refractivity contribution in [1.82, 2.24) is 9.62 Å².